The van der Waals surface area contributed by atoms with Gasteiger partial charge in [-0.05, 0) is 25.5 Å². The molecule has 18 heavy (non-hydrogen) atoms. The van der Waals surface area contributed by atoms with Crippen molar-refractivity contribution in [1.82, 2.24) is 0 Å². The maximum Gasteiger partial charge on any atom is 0.127 e. The fraction of sp³-hybridized carbons (Fsp3) is 0.600. The van der Waals surface area contributed by atoms with Gasteiger partial charge >= 0.3 is 0 Å². The van der Waals surface area contributed by atoms with Crippen LogP contribution < -0.4 is 9.80 Å². The van der Waals surface area contributed by atoms with Gasteiger partial charge in [-0.3, -0.25) is 0 Å². The van der Waals surface area contributed by atoms with Crippen LogP contribution in [-0.2, 0) is 6.54 Å². The van der Waals surface area contributed by atoms with Gasteiger partial charge in [-0.2, -0.15) is 0 Å². The first kappa shape index (κ1) is 14.0. The van der Waals surface area contributed by atoms with E-state index in [1.807, 2.05) is 0 Å². The van der Waals surface area contributed by atoms with Gasteiger partial charge < -0.3 is 9.80 Å². The van der Waals surface area contributed by atoms with E-state index in [1.165, 1.54) is 49.2 Å². The second kappa shape index (κ2) is 6.69. The molecule has 0 spiro atoms. The SMILES string of the molecule is CC[C@H](C)[NH+]1CC[NH+](Cc2cccc(Br)c2)CC1. The van der Waals surface area contributed by atoms with Crippen molar-refractivity contribution in [1.29, 1.82) is 0 Å². The third kappa shape index (κ3) is 3.81. The highest BCUT2D eigenvalue weighted by atomic mass is 79.9. The van der Waals surface area contributed by atoms with Crippen LogP contribution in [0.15, 0.2) is 28.7 Å². The lowest BCUT2D eigenvalue weighted by Crippen LogP contribution is -3.29. The molecule has 1 heterocycles. The van der Waals surface area contributed by atoms with Crippen LogP contribution in [0.4, 0.5) is 0 Å². The van der Waals surface area contributed by atoms with Crippen LogP contribution in [0, 0.1) is 0 Å². The van der Waals surface area contributed by atoms with Crippen molar-refractivity contribution in [2.75, 3.05) is 26.2 Å². The first-order valence-electron chi connectivity index (χ1n) is 7.11. The summed E-state index contributed by atoms with van der Waals surface area (Å²) in [5.41, 5.74) is 1.45. The van der Waals surface area contributed by atoms with E-state index < -0.39 is 0 Å². The summed E-state index contributed by atoms with van der Waals surface area (Å²) in [7, 11) is 0. The molecule has 1 atom stereocenters. The molecule has 0 bridgehead atoms. The topological polar surface area (TPSA) is 8.88 Å². The molecule has 0 saturated carbocycles. The van der Waals surface area contributed by atoms with Gasteiger partial charge in [-0.1, -0.05) is 35.0 Å². The summed E-state index contributed by atoms with van der Waals surface area (Å²) in [6, 6.07) is 9.56. The first-order chi connectivity index (χ1) is 8.69. The summed E-state index contributed by atoms with van der Waals surface area (Å²) in [6.45, 7) is 11.1. The molecule has 1 aliphatic heterocycles. The smallest absolute Gasteiger partial charge is 0.127 e. The highest BCUT2D eigenvalue weighted by Crippen LogP contribution is 2.10. The molecule has 0 amide bonds. The molecule has 0 aromatic heterocycles. The van der Waals surface area contributed by atoms with E-state index in [2.05, 4.69) is 54.0 Å². The van der Waals surface area contributed by atoms with Crippen molar-refractivity contribution in [2.45, 2.75) is 32.9 Å². The van der Waals surface area contributed by atoms with E-state index in [9.17, 15) is 0 Å². The predicted molar refractivity (Wildman–Crippen MR) is 79.0 cm³/mol. The average molecular weight is 313 g/mol. The molecule has 2 rings (SSSR count). The molecule has 0 unspecified atom stereocenters. The monoisotopic (exact) mass is 312 g/mol. The van der Waals surface area contributed by atoms with Crippen molar-refractivity contribution in [2.24, 2.45) is 0 Å². The van der Waals surface area contributed by atoms with E-state index in [0.29, 0.717) is 0 Å². The molecule has 1 fully saturated rings. The maximum atomic E-state index is 3.55. The van der Waals surface area contributed by atoms with E-state index in [4.69, 9.17) is 0 Å². The van der Waals surface area contributed by atoms with Crippen LogP contribution in [0.2, 0.25) is 0 Å². The third-order valence-corrected chi connectivity index (χ3v) is 4.75. The number of hydrogen-bond acceptors (Lipinski definition) is 0. The molecule has 1 aromatic rings. The lowest BCUT2D eigenvalue weighted by Gasteiger charge is -2.33. The Kier molecular flexibility index (Phi) is 5.22. The Bertz CT molecular complexity index is 373. The van der Waals surface area contributed by atoms with Crippen LogP contribution >= 0.6 is 15.9 Å². The van der Waals surface area contributed by atoms with Gasteiger partial charge in [0.1, 0.15) is 32.7 Å². The Balaban J connectivity index is 1.83. The lowest BCUT2D eigenvalue weighted by atomic mass is 10.1. The normalized spacial score (nSPS) is 25.9. The van der Waals surface area contributed by atoms with Crippen molar-refractivity contribution in [3.8, 4) is 0 Å². The molecule has 3 heteroatoms. The van der Waals surface area contributed by atoms with Gasteiger partial charge in [0.25, 0.3) is 0 Å². The fourth-order valence-corrected chi connectivity index (χ4v) is 3.27. The number of halogens is 1. The molecule has 0 radical (unpaired) electrons. The Labute approximate surface area is 119 Å². The molecular formula is C15H25BrN2+2. The molecule has 0 aliphatic carbocycles. The van der Waals surface area contributed by atoms with Crippen LogP contribution in [0.1, 0.15) is 25.8 Å². The minimum absolute atomic E-state index is 0.831. The number of benzene rings is 1. The molecular weight excluding hydrogens is 288 g/mol. The van der Waals surface area contributed by atoms with Gasteiger partial charge in [-0.25, -0.2) is 0 Å². The number of rotatable bonds is 4. The quantitative estimate of drug-likeness (QED) is 0.802. The zero-order valence-electron chi connectivity index (χ0n) is 11.5. The van der Waals surface area contributed by atoms with Crippen molar-refractivity contribution in [3.05, 3.63) is 34.3 Å². The molecule has 2 N–H and O–H groups in total. The van der Waals surface area contributed by atoms with Gasteiger partial charge in [0.15, 0.2) is 0 Å². The summed E-state index contributed by atoms with van der Waals surface area (Å²) in [5, 5.41) is 0. The largest absolute Gasteiger partial charge is 0.323 e. The molecule has 2 nitrogen and oxygen atoms in total. The minimum atomic E-state index is 0.831. The van der Waals surface area contributed by atoms with E-state index in [-0.39, 0.29) is 0 Å². The highest BCUT2D eigenvalue weighted by molar-refractivity contribution is 9.10. The molecule has 1 saturated heterocycles. The van der Waals surface area contributed by atoms with Gasteiger partial charge in [0, 0.05) is 10.0 Å². The van der Waals surface area contributed by atoms with Crippen LogP contribution in [0.5, 0.6) is 0 Å². The zero-order chi connectivity index (χ0) is 13.0. The highest BCUT2D eigenvalue weighted by Gasteiger charge is 2.25. The molecule has 1 aliphatic rings. The fourth-order valence-electron chi connectivity index (χ4n) is 2.82. The predicted octanol–water partition coefficient (Wildman–Crippen LogP) is 0.531. The second-order valence-electron chi connectivity index (χ2n) is 5.52. The summed E-state index contributed by atoms with van der Waals surface area (Å²) < 4.78 is 1.20. The number of piperazine rings is 1. The average Bonchev–Trinajstić information content (AvgIpc) is 2.39. The first-order valence-corrected chi connectivity index (χ1v) is 7.91. The van der Waals surface area contributed by atoms with Crippen molar-refractivity contribution >= 4 is 15.9 Å². The Morgan fingerprint density at radius 3 is 2.56 bits per heavy atom. The number of hydrogen-bond donors (Lipinski definition) is 2. The van der Waals surface area contributed by atoms with Crippen LogP contribution in [0.25, 0.3) is 0 Å². The standard InChI is InChI=1S/C15H23BrN2/c1-3-13(2)18-9-7-17(8-10-18)12-14-5-4-6-15(16)11-14/h4-6,11,13H,3,7-10,12H2,1-2H3/p+2/t13-/m0/s1. The maximum absolute atomic E-state index is 3.55. The van der Waals surface area contributed by atoms with Crippen LogP contribution in [-0.4, -0.2) is 32.2 Å². The number of quaternary nitrogens is 2. The summed E-state index contributed by atoms with van der Waals surface area (Å²) in [6.07, 6.45) is 1.30. The second-order valence-corrected chi connectivity index (χ2v) is 6.44. The Morgan fingerprint density at radius 1 is 1.22 bits per heavy atom. The number of nitrogens with one attached hydrogen (secondary N) is 2. The van der Waals surface area contributed by atoms with Crippen LogP contribution in [0.3, 0.4) is 0 Å². The Hall–Kier alpha value is -0.380. The van der Waals surface area contributed by atoms with E-state index in [1.54, 1.807) is 9.80 Å². The van der Waals surface area contributed by atoms with Crippen molar-refractivity contribution < 1.29 is 9.80 Å². The molecule has 100 valence electrons. The van der Waals surface area contributed by atoms with E-state index in [0.717, 1.165) is 6.04 Å². The molecule has 1 aromatic carbocycles. The summed E-state index contributed by atoms with van der Waals surface area (Å²) >= 11 is 3.55. The van der Waals surface area contributed by atoms with Gasteiger partial charge in [0.05, 0.1) is 6.04 Å². The van der Waals surface area contributed by atoms with Gasteiger partial charge in [-0.15, -0.1) is 0 Å². The van der Waals surface area contributed by atoms with E-state index >= 15 is 0 Å². The zero-order valence-corrected chi connectivity index (χ0v) is 13.1. The summed E-state index contributed by atoms with van der Waals surface area (Å²) in [5.74, 6) is 0. The van der Waals surface area contributed by atoms with Gasteiger partial charge in [0.2, 0.25) is 0 Å². The lowest BCUT2D eigenvalue weighted by molar-refractivity contribution is -1.03. The summed E-state index contributed by atoms with van der Waals surface area (Å²) in [4.78, 5) is 3.54. The Morgan fingerprint density at radius 2 is 1.94 bits per heavy atom. The minimum Gasteiger partial charge on any atom is -0.323 e. The van der Waals surface area contributed by atoms with Crippen molar-refractivity contribution in [3.63, 3.8) is 0 Å². The third-order valence-electron chi connectivity index (χ3n) is 4.25.